The molecule has 1 aromatic heterocycles. The van der Waals surface area contributed by atoms with Crippen molar-refractivity contribution in [3.8, 4) is 0 Å². The lowest BCUT2D eigenvalue weighted by Crippen LogP contribution is -2.11. The molecule has 0 saturated heterocycles. The highest BCUT2D eigenvalue weighted by molar-refractivity contribution is 14.1. The average molecular weight is 406 g/mol. The van der Waals surface area contributed by atoms with E-state index in [9.17, 15) is 13.6 Å². The Balaban J connectivity index is 3.28. The monoisotopic (exact) mass is 405 g/mol. The molecule has 0 aliphatic heterocycles. The van der Waals surface area contributed by atoms with Crippen molar-refractivity contribution in [3.63, 3.8) is 0 Å². The van der Waals surface area contributed by atoms with Gasteiger partial charge in [0.1, 0.15) is 4.60 Å². The highest BCUT2D eigenvalue weighted by atomic mass is 127. The van der Waals surface area contributed by atoms with Gasteiger partial charge in [-0.1, -0.05) is 0 Å². The number of ether oxygens (including phenoxy) is 1. The van der Waals surface area contributed by atoms with Crippen LogP contribution in [0.15, 0.2) is 10.8 Å². The molecule has 16 heavy (non-hydrogen) atoms. The van der Waals surface area contributed by atoms with Gasteiger partial charge in [-0.15, -0.1) is 0 Å². The second-order valence-corrected chi connectivity index (χ2v) is 4.54. The highest BCUT2D eigenvalue weighted by Gasteiger charge is 2.24. The number of rotatable bonds is 3. The first-order chi connectivity index (χ1) is 7.49. The highest BCUT2D eigenvalue weighted by Crippen LogP contribution is 2.31. The minimum atomic E-state index is -2.74. The molecule has 1 rings (SSSR count). The molecule has 0 aromatic carbocycles. The van der Waals surface area contributed by atoms with E-state index in [0.717, 1.165) is 6.20 Å². The quantitative estimate of drug-likeness (QED) is 0.438. The Morgan fingerprint density at radius 3 is 2.81 bits per heavy atom. The smallest absolute Gasteiger partial charge is 0.340 e. The van der Waals surface area contributed by atoms with E-state index in [2.05, 4.69) is 25.7 Å². The average Bonchev–Trinajstić information content (AvgIpc) is 2.21. The van der Waals surface area contributed by atoms with Gasteiger partial charge in [-0.05, 0) is 45.4 Å². The van der Waals surface area contributed by atoms with Crippen LogP contribution in [0.4, 0.5) is 8.78 Å². The molecule has 0 aliphatic rings. The molecule has 7 heteroatoms. The molecule has 3 nitrogen and oxygen atoms in total. The van der Waals surface area contributed by atoms with Gasteiger partial charge in [0.2, 0.25) is 0 Å². The maximum Gasteiger partial charge on any atom is 0.340 e. The number of hydrogen-bond donors (Lipinski definition) is 0. The molecular formula is C9H7BrF2INO2. The van der Waals surface area contributed by atoms with Gasteiger partial charge in [0, 0.05) is 11.8 Å². The summed E-state index contributed by atoms with van der Waals surface area (Å²) in [5.41, 5.74) is -0.537. The summed E-state index contributed by atoms with van der Waals surface area (Å²) in [5.74, 6) is -0.782. The van der Waals surface area contributed by atoms with E-state index in [1.54, 1.807) is 29.5 Å². The summed E-state index contributed by atoms with van der Waals surface area (Å²) >= 11 is 4.74. The Hall–Kier alpha value is -0.310. The van der Waals surface area contributed by atoms with E-state index in [4.69, 9.17) is 0 Å². The molecule has 0 N–H and O–H groups in total. The lowest BCUT2D eigenvalue weighted by atomic mass is 10.1. The molecular weight excluding hydrogens is 399 g/mol. The molecule has 1 aromatic rings. The first-order valence-corrected chi connectivity index (χ1v) is 6.15. The summed E-state index contributed by atoms with van der Waals surface area (Å²) in [7, 11) is 0. The Morgan fingerprint density at radius 2 is 2.31 bits per heavy atom. The van der Waals surface area contributed by atoms with Gasteiger partial charge in [-0.25, -0.2) is 18.6 Å². The van der Waals surface area contributed by atoms with Crippen LogP contribution >= 0.6 is 38.5 Å². The number of alkyl halides is 2. The summed E-state index contributed by atoms with van der Waals surface area (Å²) in [6, 6.07) is 0. The SMILES string of the molecule is CCOC(=O)c1cnc(Br)c(I)c1C(F)F. The summed E-state index contributed by atoms with van der Waals surface area (Å²) in [6.45, 7) is 1.74. The Labute approximate surface area is 113 Å². The van der Waals surface area contributed by atoms with E-state index in [1.807, 2.05) is 0 Å². The van der Waals surface area contributed by atoms with Crippen molar-refractivity contribution < 1.29 is 18.3 Å². The van der Waals surface area contributed by atoms with Gasteiger partial charge in [0.05, 0.1) is 15.7 Å². The third-order valence-corrected chi connectivity index (χ3v) is 4.16. The van der Waals surface area contributed by atoms with Crippen LogP contribution in [0.25, 0.3) is 0 Å². The molecule has 0 radical (unpaired) electrons. The molecule has 0 aliphatic carbocycles. The van der Waals surface area contributed by atoms with Crippen LogP contribution in [0.1, 0.15) is 29.3 Å². The fraction of sp³-hybridized carbons (Fsp3) is 0.333. The van der Waals surface area contributed by atoms with Gasteiger partial charge in [0.15, 0.2) is 0 Å². The van der Waals surface area contributed by atoms with Crippen LogP contribution in [0.5, 0.6) is 0 Å². The zero-order valence-corrected chi connectivity index (χ0v) is 11.9. The molecule has 0 spiro atoms. The molecule has 0 unspecified atom stereocenters. The maximum atomic E-state index is 12.8. The summed E-state index contributed by atoms with van der Waals surface area (Å²) < 4.78 is 30.8. The molecule has 0 saturated carbocycles. The Morgan fingerprint density at radius 1 is 1.69 bits per heavy atom. The van der Waals surface area contributed by atoms with Gasteiger partial charge in [-0.3, -0.25) is 0 Å². The van der Waals surface area contributed by atoms with Crippen LogP contribution in [0.2, 0.25) is 0 Å². The topological polar surface area (TPSA) is 39.2 Å². The van der Waals surface area contributed by atoms with Crippen molar-refractivity contribution in [2.45, 2.75) is 13.3 Å². The molecule has 88 valence electrons. The van der Waals surface area contributed by atoms with Crippen LogP contribution in [-0.2, 0) is 4.74 Å². The van der Waals surface area contributed by atoms with Crippen molar-refractivity contribution in [3.05, 3.63) is 25.5 Å². The van der Waals surface area contributed by atoms with E-state index in [0.29, 0.717) is 0 Å². The lowest BCUT2D eigenvalue weighted by molar-refractivity contribution is 0.0514. The molecule has 0 fully saturated rings. The molecule has 0 atom stereocenters. The zero-order chi connectivity index (χ0) is 12.3. The van der Waals surface area contributed by atoms with E-state index in [-0.39, 0.29) is 25.9 Å². The standard InChI is InChI=1S/C9H7BrF2INO2/c1-2-16-9(15)4-3-14-7(10)6(13)5(4)8(11)12/h3,8H,2H2,1H3. The van der Waals surface area contributed by atoms with Crippen LogP contribution in [-0.4, -0.2) is 17.6 Å². The summed E-state index contributed by atoms with van der Waals surface area (Å²) in [6.07, 6.45) is -1.66. The largest absolute Gasteiger partial charge is 0.462 e. The number of esters is 1. The van der Waals surface area contributed by atoms with Gasteiger partial charge >= 0.3 is 5.97 Å². The number of hydrogen-bond acceptors (Lipinski definition) is 3. The fourth-order valence-corrected chi connectivity index (χ4v) is 2.04. The number of carbonyl (C=O) groups is 1. The van der Waals surface area contributed by atoms with Crippen molar-refractivity contribution in [1.29, 1.82) is 0 Å². The lowest BCUT2D eigenvalue weighted by Gasteiger charge is -2.10. The second-order valence-electron chi connectivity index (χ2n) is 2.71. The third-order valence-electron chi connectivity index (χ3n) is 1.73. The first kappa shape index (κ1) is 13.8. The van der Waals surface area contributed by atoms with Crippen molar-refractivity contribution in [2.75, 3.05) is 6.61 Å². The minimum Gasteiger partial charge on any atom is -0.462 e. The fourth-order valence-electron chi connectivity index (χ4n) is 1.06. The molecule has 0 amide bonds. The normalized spacial score (nSPS) is 10.6. The number of carbonyl (C=O) groups excluding carboxylic acids is 1. The number of halogens is 4. The van der Waals surface area contributed by atoms with E-state index in [1.165, 1.54) is 0 Å². The molecule has 0 bridgehead atoms. The first-order valence-electron chi connectivity index (χ1n) is 4.28. The van der Waals surface area contributed by atoms with E-state index < -0.39 is 12.4 Å². The van der Waals surface area contributed by atoms with Crippen LogP contribution in [0.3, 0.4) is 0 Å². The Bertz CT molecular complexity index is 415. The van der Waals surface area contributed by atoms with Crippen LogP contribution in [0, 0.1) is 3.57 Å². The second kappa shape index (κ2) is 5.85. The van der Waals surface area contributed by atoms with Crippen LogP contribution < -0.4 is 0 Å². The molecule has 1 heterocycles. The maximum absolute atomic E-state index is 12.8. The Kier molecular flexibility index (Phi) is 5.03. The van der Waals surface area contributed by atoms with Crippen molar-refractivity contribution in [2.24, 2.45) is 0 Å². The number of nitrogens with zero attached hydrogens (tertiary/aromatic N) is 1. The van der Waals surface area contributed by atoms with Gasteiger partial charge < -0.3 is 4.74 Å². The third kappa shape index (κ3) is 2.88. The number of aromatic nitrogens is 1. The summed E-state index contributed by atoms with van der Waals surface area (Å²) in [4.78, 5) is 15.2. The van der Waals surface area contributed by atoms with Crippen molar-refractivity contribution >= 4 is 44.5 Å². The minimum absolute atomic E-state index is 0.133. The number of pyridine rings is 1. The van der Waals surface area contributed by atoms with Crippen molar-refractivity contribution in [1.82, 2.24) is 4.98 Å². The van der Waals surface area contributed by atoms with Gasteiger partial charge in [-0.2, -0.15) is 0 Å². The predicted octanol–water partition coefficient (Wildman–Crippen LogP) is 3.56. The van der Waals surface area contributed by atoms with E-state index >= 15 is 0 Å². The van der Waals surface area contributed by atoms with Gasteiger partial charge in [0.25, 0.3) is 6.43 Å². The summed E-state index contributed by atoms with van der Waals surface area (Å²) in [5, 5.41) is 0. The zero-order valence-electron chi connectivity index (χ0n) is 8.14. The predicted molar refractivity (Wildman–Crippen MR) is 65.6 cm³/mol.